The first-order chi connectivity index (χ1) is 17.6. The average Bonchev–Trinajstić information content (AvgIpc) is 2.91. The summed E-state index contributed by atoms with van der Waals surface area (Å²) < 4.78 is 12.3. The minimum absolute atomic E-state index is 0.0106. The van der Waals surface area contributed by atoms with Crippen molar-refractivity contribution < 1.29 is 14.3 Å². The predicted octanol–water partition coefficient (Wildman–Crippen LogP) is 5.53. The second-order valence-electron chi connectivity index (χ2n) is 10.1. The summed E-state index contributed by atoms with van der Waals surface area (Å²) in [7, 11) is 4.86. The molecule has 0 saturated carbocycles. The van der Waals surface area contributed by atoms with E-state index in [2.05, 4.69) is 20.8 Å². The number of hydrogen-bond acceptors (Lipinski definition) is 5. The number of methoxy groups -OCH3 is 2. The van der Waals surface area contributed by atoms with Crippen molar-refractivity contribution in [2.24, 2.45) is 0 Å². The zero-order chi connectivity index (χ0) is 26.9. The molecule has 0 saturated heterocycles. The highest BCUT2D eigenvalue weighted by Gasteiger charge is 2.26. The van der Waals surface area contributed by atoms with Crippen molar-refractivity contribution in [2.45, 2.75) is 39.2 Å². The molecule has 1 amide bonds. The molecule has 1 heterocycles. The van der Waals surface area contributed by atoms with Crippen molar-refractivity contribution in [2.75, 3.05) is 21.3 Å². The number of benzene rings is 3. The lowest BCUT2D eigenvalue weighted by atomic mass is 9.86. The highest BCUT2D eigenvalue weighted by molar-refractivity contribution is 5.94. The van der Waals surface area contributed by atoms with Gasteiger partial charge in [0.15, 0.2) is 0 Å². The summed E-state index contributed by atoms with van der Waals surface area (Å²) in [5.74, 6) is 1.43. The van der Waals surface area contributed by atoms with Crippen molar-refractivity contribution >= 4 is 16.8 Å². The first-order valence-corrected chi connectivity index (χ1v) is 12.2. The van der Waals surface area contributed by atoms with Gasteiger partial charge in [0.2, 0.25) is 0 Å². The Bertz CT molecular complexity index is 1480. The van der Waals surface area contributed by atoms with Gasteiger partial charge in [0.1, 0.15) is 22.8 Å². The van der Waals surface area contributed by atoms with Gasteiger partial charge in [0.05, 0.1) is 31.3 Å². The quantitative estimate of drug-likeness (QED) is 0.349. The van der Waals surface area contributed by atoms with Gasteiger partial charge in [-0.15, -0.1) is 0 Å². The highest BCUT2D eigenvalue weighted by Crippen LogP contribution is 2.28. The second-order valence-corrected chi connectivity index (χ2v) is 10.1. The monoisotopic (exact) mass is 499 g/mol. The van der Waals surface area contributed by atoms with E-state index in [0.29, 0.717) is 39.5 Å². The van der Waals surface area contributed by atoms with Crippen LogP contribution in [0.2, 0.25) is 0 Å². The number of ether oxygens (including phenoxy) is 2. The third kappa shape index (κ3) is 4.94. The second kappa shape index (κ2) is 10.1. The molecule has 0 bridgehead atoms. The molecule has 1 atom stereocenters. The SMILES string of the molecule is COc1ccc(-n2c([C@@H](C)N(C)C(=O)c3ccc(C(C)(C)C)cc3)nc3c(OC)cccc3c2=O)cc1. The summed E-state index contributed by atoms with van der Waals surface area (Å²) >= 11 is 0. The maximum Gasteiger partial charge on any atom is 0.266 e. The van der Waals surface area contributed by atoms with E-state index in [1.807, 2.05) is 31.2 Å². The smallest absolute Gasteiger partial charge is 0.266 e. The van der Waals surface area contributed by atoms with E-state index in [1.165, 1.54) is 0 Å². The van der Waals surface area contributed by atoms with Gasteiger partial charge < -0.3 is 14.4 Å². The topological polar surface area (TPSA) is 73.7 Å². The summed E-state index contributed by atoms with van der Waals surface area (Å²) in [4.78, 5) is 33.8. The minimum Gasteiger partial charge on any atom is -0.497 e. The van der Waals surface area contributed by atoms with Crippen LogP contribution < -0.4 is 15.0 Å². The van der Waals surface area contributed by atoms with Crippen LogP contribution in [0.25, 0.3) is 16.6 Å². The number of hydrogen-bond donors (Lipinski definition) is 0. The van der Waals surface area contributed by atoms with Gasteiger partial charge in [-0.2, -0.15) is 0 Å². The molecule has 0 unspecified atom stereocenters. The largest absolute Gasteiger partial charge is 0.497 e. The Morgan fingerprint density at radius 3 is 2.16 bits per heavy atom. The van der Waals surface area contributed by atoms with Crippen LogP contribution in [0.15, 0.2) is 71.5 Å². The van der Waals surface area contributed by atoms with Crippen LogP contribution in [0.4, 0.5) is 0 Å². The lowest BCUT2D eigenvalue weighted by Gasteiger charge is -2.27. The van der Waals surface area contributed by atoms with Crippen molar-refractivity contribution in [3.05, 3.63) is 94.0 Å². The fourth-order valence-corrected chi connectivity index (χ4v) is 4.29. The summed E-state index contributed by atoms with van der Waals surface area (Å²) in [6.45, 7) is 8.27. The number of para-hydroxylation sites is 1. The van der Waals surface area contributed by atoms with E-state index < -0.39 is 6.04 Å². The molecule has 4 rings (SSSR count). The molecular weight excluding hydrogens is 466 g/mol. The molecule has 0 N–H and O–H groups in total. The number of carbonyl (C=O) groups excluding carboxylic acids is 1. The Balaban J connectivity index is 1.84. The molecule has 0 radical (unpaired) electrons. The maximum absolute atomic E-state index is 13.8. The Hall–Kier alpha value is -4.13. The molecule has 7 nitrogen and oxygen atoms in total. The van der Waals surface area contributed by atoms with E-state index >= 15 is 0 Å². The van der Waals surface area contributed by atoms with Gasteiger partial charge in [-0.25, -0.2) is 4.98 Å². The van der Waals surface area contributed by atoms with Gasteiger partial charge in [0.25, 0.3) is 11.5 Å². The number of aromatic nitrogens is 2. The van der Waals surface area contributed by atoms with E-state index in [9.17, 15) is 9.59 Å². The van der Waals surface area contributed by atoms with Crippen LogP contribution in [0.5, 0.6) is 11.5 Å². The Kier molecular flexibility index (Phi) is 7.07. The van der Waals surface area contributed by atoms with Crippen molar-refractivity contribution in [3.8, 4) is 17.2 Å². The normalized spacial score (nSPS) is 12.3. The van der Waals surface area contributed by atoms with E-state index in [1.54, 1.807) is 73.2 Å². The zero-order valence-electron chi connectivity index (χ0n) is 22.4. The lowest BCUT2D eigenvalue weighted by Crippen LogP contribution is -2.35. The summed E-state index contributed by atoms with van der Waals surface area (Å²) in [6, 6.07) is 19.6. The number of amides is 1. The van der Waals surface area contributed by atoms with Gasteiger partial charge in [-0.3, -0.25) is 14.2 Å². The molecule has 0 aliphatic rings. The van der Waals surface area contributed by atoms with Crippen LogP contribution in [0.3, 0.4) is 0 Å². The van der Waals surface area contributed by atoms with Crippen LogP contribution >= 0.6 is 0 Å². The fourth-order valence-electron chi connectivity index (χ4n) is 4.29. The first-order valence-electron chi connectivity index (χ1n) is 12.2. The summed E-state index contributed by atoms with van der Waals surface area (Å²) in [5.41, 5.74) is 2.54. The highest BCUT2D eigenvalue weighted by atomic mass is 16.5. The van der Waals surface area contributed by atoms with Gasteiger partial charge in [0, 0.05) is 12.6 Å². The molecule has 192 valence electrons. The number of carbonyl (C=O) groups is 1. The Morgan fingerprint density at radius 1 is 0.946 bits per heavy atom. The van der Waals surface area contributed by atoms with Gasteiger partial charge >= 0.3 is 0 Å². The van der Waals surface area contributed by atoms with Crippen LogP contribution in [0.1, 0.15) is 55.5 Å². The molecular formula is C30H33N3O4. The van der Waals surface area contributed by atoms with Crippen LogP contribution in [0, 0.1) is 0 Å². The Labute approximate surface area is 217 Å². The summed E-state index contributed by atoms with van der Waals surface area (Å²) in [6.07, 6.45) is 0. The van der Waals surface area contributed by atoms with E-state index in [4.69, 9.17) is 14.5 Å². The molecule has 0 fully saturated rings. The molecule has 0 aliphatic heterocycles. The first kappa shape index (κ1) is 25.9. The predicted molar refractivity (Wildman–Crippen MR) is 146 cm³/mol. The molecule has 0 spiro atoms. The molecule has 4 aromatic rings. The zero-order valence-corrected chi connectivity index (χ0v) is 22.4. The molecule has 37 heavy (non-hydrogen) atoms. The van der Waals surface area contributed by atoms with Crippen LogP contribution in [-0.4, -0.2) is 41.6 Å². The number of fused-ring (bicyclic) bond motifs is 1. The van der Waals surface area contributed by atoms with Crippen molar-refractivity contribution in [3.63, 3.8) is 0 Å². The third-order valence-electron chi connectivity index (χ3n) is 6.71. The van der Waals surface area contributed by atoms with E-state index in [0.717, 1.165) is 5.56 Å². The van der Waals surface area contributed by atoms with Crippen molar-refractivity contribution in [1.29, 1.82) is 0 Å². The maximum atomic E-state index is 13.8. The molecule has 3 aromatic carbocycles. The van der Waals surface area contributed by atoms with Gasteiger partial charge in [-0.1, -0.05) is 39.0 Å². The standard InChI is InChI=1S/C30H33N3O4/c1-19(32(5)28(34)20-11-13-21(14-12-20)30(2,3)4)27-31-26-24(9-8-10-25(26)37-7)29(35)33(27)22-15-17-23(36-6)18-16-22/h8-19H,1-7H3/t19-/m1/s1. The van der Waals surface area contributed by atoms with E-state index in [-0.39, 0.29) is 16.9 Å². The van der Waals surface area contributed by atoms with Gasteiger partial charge in [-0.05, 0) is 66.4 Å². The molecule has 0 aliphatic carbocycles. The van der Waals surface area contributed by atoms with Crippen LogP contribution in [-0.2, 0) is 5.41 Å². The fraction of sp³-hybridized carbons (Fsp3) is 0.300. The minimum atomic E-state index is -0.529. The average molecular weight is 500 g/mol. The lowest BCUT2D eigenvalue weighted by molar-refractivity contribution is 0.0735. The van der Waals surface area contributed by atoms with Crippen molar-refractivity contribution in [1.82, 2.24) is 14.5 Å². The third-order valence-corrected chi connectivity index (χ3v) is 6.71. The number of nitrogens with zero attached hydrogens (tertiary/aromatic N) is 3. The molecule has 1 aromatic heterocycles. The molecule has 7 heteroatoms. The Morgan fingerprint density at radius 2 is 1.59 bits per heavy atom. The summed E-state index contributed by atoms with van der Waals surface area (Å²) in [5, 5.41) is 0.429. The number of rotatable bonds is 6.